The van der Waals surface area contributed by atoms with E-state index in [1.165, 1.54) is 5.56 Å². The van der Waals surface area contributed by atoms with Gasteiger partial charge in [-0.3, -0.25) is 0 Å². The van der Waals surface area contributed by atoms with Gasteiger partial charge in [0.05, 0.1) is 18.1 Å². The summed E-state index contributed by atoms with van der Waals surface area (Å²) in [6, 6.07) is 10.2. The molecule has 2 heteroatoms. The molecule has 1 aromatic rings. The first kappa shape index (κ1) is 11.7. The maximum Gasteiger partial charge on any atom is 0.0669 e. The van der Waals surface area contributed by atoms with Crippen molar-refractivity contribution in [1.29, 1.82) is 5.26 Å². The normalized spacial score (nSPS) is 11.1. The molecule has 80 valence electrons. The summed E-state index contributed by atoms with van der Waals surface area (Å²) in [7, 11) is 1.72. The van der Waals surface area contributed by atoms with Crippen molar-refractivity contribution in [2.75, 3.05) is 7.11 Å². The van der Waals surface area contributed by atoms with E-state index >= 15 is 0 Å². The molecule has 15 heavy (non-hydrogen) atoms. The Morgan fingerprint density at radius 2 is 1.87 bits per heavy atom. The molecule has 0 saturated heterocycles. The van der Waals surface area contributed by atoms with Crippen molar-refractivity contribution in [1.82, 2.24) is 0 Å². The number of methoxy groups -OCH3 is 1. The molecule has 0 amide bonds. The number of rotatable bonds is 4. The average molecular weight is 203 g/mol. The Balaban J connectivity index is 2.90. The van der Waals surface area contributed by atoms with Crippen LogP contribution in [0.3, 0.4) is 0 Å². The lowest BCUT2D eigenvalue weighted by atomic mass is 9.93. The Morgan fingerprint density at radius 1 is 1.27 bits per heavy atom. The lowest BCUT2D eigenvalue weighted by Crippen LogP contribution is -2.26. The molecule has 0 aromatic heterocycles. The van der Waals surface area contributed by atoms with Crippen LogP contribution in [0.5, 0.6) is 0 Å². The minimum absolute atomic E-state index is 0.175. The van der Waals surface area contributed by atoms with Crippen molar-refractivity contribution in [2.24, 2.45) is 0 Å². The first-order chi connectivity index (χ1) is 7.09. The Hall–Kier alpha value is -1.33. The molecule has 0 unspecified atom stereocenters. The number of hydrogen-bond donors (Lipinski definition) is 0. The molecule has 0 atom stereocenters. The standard InChI is InChI=1S/C13H17NO/c1-13(2,15-3)10-12-7-5-4-6-11(12)8-9-14/h4-7H,8,10H2,1-3H3. The van der Waals surface area contributed by atoms with Gasteiger partial charge in [-0.1, -0.05) is 24.3 Å². The van der Waals surface area contributed by atoms with Gasteiger partial charge in [0, 0.05) is 13.5 Å². The SMILES string of the molecule is COC(C)(C)Cc1ccccc1CC#N. The molecule has 0 spiro atoms. The summed E-state index contributed by atoms with van der Waals surface area (Å²) in [5.74, 6) is 0. The van der Waals surface area contributed by atoms with Crippen LogP contribution in [0.2, 0.25) is 0 Å². The smallest absolute Gasteiger partial charge is 0.0669 e. The fourth-order valence-corrected chi connectivity index (χ4v) is 1.52. The Labute approximate surface area is 91.5 Å². The van der Waals surface area contributed by atoms with Gasteiger partial charge in [0.25, 0.3) is 0 Å². The van der Waals surface area contributed by atoms with Crippen LogP contribution in [0.4, 0.5) is 0 Å². The minimum atomic E-state index is -0.175. The topological polar surface area (TPSA) is 33.0 Å². The summed E-state index contributed by atoms with van der Waals surface area (Å²) in [6.07, 6.45) is 1.30. The first-order valence-corrected chi connectivity index (χ1v) is 5.08. The summed E-state index contributed by atoms with van der Waals surface area (Å²) in [6.45, 7) is 4.10. The van der Waals surface area contributed by atoms with Crippen LogP contribution in [0, 0.1) is 11.3 Å². The monoisotopic (exact) mass is 203 g/mol. The number of hydrogen-bond acceptors (Lipinski definition) is 2. The Kier molecular flexibility index (Phi) is 3.88. The van der Waals surface area contributed by atoms with Crippen molar-refractivity contribution in [3.8, 4) is 6.07 Å². The highest BCUT2D eigenvalue weighted by molar-refractivity contribution is 5.30. The van der Waals surface area contributed by atoms with Crippen LogP contribution in [-0.4, -0.2) is 12.7 Å². The van der Waals surface area contributed by atoms with Crippen molar-refractivity contribution in [3.63, 3.8) is 0 Å². The number of nitriles is 1. The zero-order chi connectivity index (χ0) is 11.3. The molecular weight excluding hydrogens is 186 g/mol. The largest absolute Gasteiger partial charge is 0.378 e. The minimum Gasteiger partial charge on any atom is -0.378 e. The highest BCUT2D eigenvalue weighted by Crippen LogP contribution is 2.19. The fourth-order valence-electron chi connectivity index (χ4n) is 1.52. The summed E-state index contributed by atoms with van der Waals surface area (Å²) >= 11 is 0. The molecule has 0 heterocycles. The third-order valence-corrected chi connectivity index (χ3v) is 2.56. The molecule has 0 aliphatic carbocycles. The van der Waals surface area contributed by atoms with Crippen molar-refractivity contribution in [3.05, 3.63) is 35.4 Å². The van der Waals surface area contributed by atoms with Gasteiger partial charge in [0.1, 0.15) is 0 Å². The molecule has 0 saturated carbocycles. The van der Waals surface area contributed by atoms with E-state index in [9.17, 15) is 0 Å². The Morgan fingerprint density at radius 3 is 2.40 bits per heavy atom. The molecular formula is C13H17NO. The third-order valence-electron chi connectivity index (χ3n) is 2.56. The maximum atomic E-state index is 8.72. The van der Waals surface area contributed by atoms with Gasteiger partial charge in [-0.2, -0.15) is 5.26 Å². The van der Waals surface area contributed by atoms with E-state index in [0.29, 0.717) is 6.42 Å². The molecule has 0 aliphatic rings. The highest BCUT2D eigenvalue weighted by Gasteiger charge is 2.18. The third kappa shape index (κ3) is 3.38. The summed E-state index contributed by atoms with van der Waals surface area (Å²) in [5.41, 5.74) is 2.13. The van der Waals surface area contributed by atoms with Crippen LogP contribution < -0.4 is 0 Å². The molecule has 2 nitrogen and oxygen atoms in total. The van der Waals surface area contributed by atoms with E-state index in [1.54, 1.807) is 7.11 Å². The molecule has 1 aromatic carbocycles. The lowest BCUT2D eigenvalue weighted by molar-refractivity contribution is 0.0230. The second kappa shape index (κ2) is 4.95. The van der Waals surface area contributed by atoms with Gasteiger partial charge in [0.15, 0.2) is 0 Å². The van der Waals surface area contributed by atoms with Crippen molar-refractivity contribution in [2.45, 2.75) is 32.3 Å². The summed E-state index contributed by atoms with van der Waals surface area (Å²) in [5, 5.41) is 8.72. The molecule has 0 aliphatic heterocycles. The predicted molar refractivity (Wildman–Crippen MR) is 60.6 cm³/mol. The van der Waals surface area contributed by atoms with E-state index in [4.69, 9.17) is 10.00 Å². The van der Waals surface area contributed by atoms with Crippen LogP contribution in [-0.2, 0) is 17.6 Å². The zero-order valence-electron chi connectivity index (χ0n) is 9.58. The highest BCUT2D eigenvalue weighted by atomic mass is 16.5. The van der Waals surface area contributed by atoms with Crippen LogP contribution in [0.1, 0.15) is 25.0 Å². The fraction of sp³-hybridized carbons (Fsp3) is 0.462. The van der Waals surface area contributed by atoms with E-state index in [1.807, 2.05) is 18.2 Å². The first-order valence-electron chi connectivity index (χ1n) is 5.08. The molecule has 0 fully saturated rings. The van der Waals surface area contributed by atoms with E-state index in [-0.39, 0.29) is 5.60 Å². The second-order valence-corrected chi connectivity index (χ2v) is 4.24. The Bertz CT molecular complexity index is 363. The quantitative estimate of drug-likeness (QED) is 0.753. The van der Waals surface area contributed by atoms with Crippen molar-refractivity contribution < 1.29 is 4.74 Å². The zero-order valence-corrected chi connectivity index (χ0v) is 9.58. The molecule has 0 radical (unpaired) electrons. The predicted octanol–water partition coefficient (Wildman–Crippen LogP) is 2.72. The van der Waals surface area contributed by atoms with Gasteiger partial charge in [-0.15, -0.1) is 0 Å². The van der Waals surface area contributed by atoms with Crippen LogP contribution >= 0.6 is 0 Å². The molecule has 0 bridgehead atoms. The summed E-state index contributed by atoms with van der Waals surface area (Å²) < 4.78 is 5.39. The van der Waals surface area contributed by atoms with Crippen LogP contribution in [0.25, 0.3) is 0 Å². The van der Waals surface area contributed by atoms with E-state index < -0.39 is 0 Å². The van der Waals surface area contributed by atoms with Gasteiger partial charge in [0.2, 0.25) is 0 Å². The average Bonchev–Trinajstić information content (AvgIpc) is 2.21. The molecule has 0 N–H and O–H groups in total. The van der Waals surface area contributed by atoms with Gasteiger partial charge < -0.3 is 4.74 Å². The lowest BCUT2D eigenvalue weighted by Gasteiger charge is -2.23. The van der Waals surface area contributed by atoms with Gasteiger partial charge in [-0.05, 0) is 25.0 Å². The van der Waals surface area contributed by atoms with Crippen molar-refractivity contribution >= 4 is 0 Å². The van der Waals surface area contributed by atoms with E-state index in [2.05, 4.69) is 26.0 Å². The van der Waals surface area contributed by atoms with Crippen LogP contribution in [0.15, 0.2) is 24.3 Å². The number of benzene rings is 1. The van der Waals surface area contributed by atoms with E-state index in [0.717, 1.165) is 12.0 Å². The number of ether oxygens (including phenoxy) is 1. The van der Waals surface area contributed by atoms with Gasteiger partial charge in [-0.25, -0.2) is 0 Å². The van der Waals surface area contributed by atoms with Gasteiger partial charge >= 0.3 is 0 Å². The summed E-state index contributed by atoms with van der Waals surface area (Å²) in [4.78, 5) is 0. The maximum absolute atomic E-state index is 8.72. The molecule has 1 rings (SSSR count). The second-order valence-electron chi connectivity index (χ2n) is 4.24. The number of nitrogens with zero attached hydrogens (tertiary/aromatic N) is 1.